The van der Waals surface area contributed by atoms with Crippen LogP contribution in [0.25, 0.3) is 22.8 Å². The van der Waals surface area contributed by atoms with E-state index in [9.17, 15) is 4.79 Å². The van der Waals surface area contributed by atoms with Gasteiger partial charge in [0.05, 0.1) is 11.4 Å². The fourth-order valence-electron chi connectivity index (χ4n) is 4.41. The molecule has 5 heterocycles. The van der Waals surface area contributed by atoms with Gasteiger partial charge in [0.15, 0.2) is 0 Å². The summed E-state index contributed by atoms with van der Waals surface area (Å²) in [6, 6.07) is 16.2. The molecule has 6 rings (SSSR count). The van der Waals surface area contributed by atoms with Gasteiger partial charge in [-0.3, -0.25) is 14.7 Å². The van der Waals surface area contributed by atoms with E-state index >= 15 is 0 Å². The zero-order chi connectivity index (χ0) is 19.6. The van der Waals surface area contributed by atoms with Crippen molar-refractivity contribution in [1.29, 1.82) is 0 Å². The monoisotopic (exact) mass is 387 g/mol. The van der Waals surface area contributed by atoms with Crippen LogP contribution in [0.15, 0.2) is 59.5 Å². The number of piperidine rings is 1. The number of nitrogens with zero attached hydrogens (tertiary/aromatic N) is 4. The number of pyridine rings is 1. The largest absolute Gasteiger partial charge is 0.306 e. The molecule has 3 saturated heterocycles. The quantitative estimate of drug-likeness (QED) is 0.746. The van der Waals surface area contributed by atoms with E-state index in [0.29, 0.717) is 23.3 Å². The van der Waals surface area contributed by atoms with Gasteiger partial charge in [-0.25, -0.2) is 4.98 Å². The van der Waals surface area contributed by atoms with Gasteiger partial charge in [-0.05, 0) is 43.6 Å². The Hall–Kier alpha value is -2.83. The lowest BCUT2D eigenvalue weighted by atomic mass is 10.0. The van der Waals surface area contributed by atoms with Gasteiger partial charge >= 0.3 is 0 Å². The maximum absolute atomic E-state index is 12.2. The Morgan fingerprint density at radius 2 is 1.79 bits per heavy atom. The summed E-state index contributed by atoms with van der Waals surface area (Å²) in [4.78, 5) is 29.2. The summed E-state index contributed by atoms with van der Waals surface area (Å²) >= 11 is 0. The average Bonchev–Trinajstić information content (AvgIpc) is 3.08. The molecule has 2 aromatic heterocycles. The van der Waals surface area contributed by atoms with Crippen molar-refractivity contribution in [2.45, 2.75) is 25.4 Å². The SMILES string of the molecule is O=c1cc(-c2ccccn2)nc(-c2ccc(CN3CCN4CCC3CC4)cc2)[nH]1. The smallest absolute Gasteiger partial charge is 0.251 e. The van der Waals surface area contributed by atoms with Crippen LogP contribution in [0.3, 0.4) is 0 Å². The molecule has 0 unspecified atom stereocenters. The molecule has 3 aliphatic rings. The first-order chi connectivity index (χ1) is 14.2. The van der Waals surface area contributed by atoms with Crippen molar-refractivity contribution in [2.24, 2.45) is 0 Å². The minimum atomic E-state index is -0.171. The first kappa shape index (κ1) is 18.2. The average molecular weight is 387 g/mol. The number of hydrogen-bond donors (Lipinski definition) is 1. The maximum atomic E-state index is 12.2. The second-order valence-electron chi connectivity index (χ2n) is 7.93. The van der Waals surface area contributed by atoms with Gasteiger partial charge in [0.1, 0.15) is 5.82 Å². The van der Waals surface area contributed by atoms with Gasteiger partial charge in [0.25, 0.3) is 5.56 Å². The lowest BCUT2D eigenvalue weighted by Gasteiger charge is -2.31. The molecule has 1 N–H and O–H groups in total. The van der Waals surface area contributed by atoms with Gasteiger partial charge in [-0.2, -0.15) is 0 Å². The Labute approximate surface area is 170 Å². The van der Waals surface area contributed by atoms with Crippen LogP contribution in [-0.4, -0.2) is 57.0 Å². The lowest BCUT2D eigenvalue weighted by Crippen LogP contribution is -2.37. The summed E-state index contributed by atoms with van der Waals surface area (Å²) in [6.07, 6.45) is 4.27. The van der Waals surface area contributed by atoms with Crippen LogP contribution in [0.1, 0.15) is 18.4 Å². The van der Waals surface area contributed by atoms with Crippen molar-refractivity contribution in [3.63, 3.8) is 0 Å². The van der Waals surface area contributed by atoms with E-state index in [4.69, 9.17) is 0 Å². The number of fused-ring (bicyclic) bond motifs is 4. The molecule has 6 heteroatoms. The highest BCUT2D eigenvalue weighted by Crippen LogP contribution is 2.24. The predicted octanol–water partition coefficient (Wildman–Crippen LogP) is 2.78. The van der Waals surface area contributed by atoms with Crippen LogP contribution in [0.5, 0.6) is 0 Å². The van der Waals surface area contributed by atoms with E-state index in [1.807, 2.05) is 18.2 Å². The molecule has 29 heavy (non-hydrogen) atoms. The van der Waals surface area contributed by atoms with E-state index in [1.165, 1.54) is 44.1 Å². The molecule has 3 aromatic rings. The standard InChI is InChI=1S/C23H25N5O/c29-22-15-21(20-3-1-2-10-24-20)25-23(26-22)18-6-4-17(5-7-18)16-28-14-13-27-11-8-19(28)9-12-27/h1-7,10,15,19H,8-9,11-14,16H2,(H,25,26,29). The molecule has 0 aliphatic carbocycles. The van der Waals surface area contributed by atoms with Crippen LogP contribution in [0.4, 0.5) is 0 Å². The Kier molecular flexibility index (Phi) is 4.96. The summed E-state index contributed by atoms with van der Waals surface area (Å²) in [5.41, 5.74) is 3.32. The van der Waals surface area contributed by atoms with Gasteiger partial charge < -0.3 is 9.88 Å². The zero-order valence-electron chi connectivity index (χ0n) is 16.4. The van der Waals surface area contributed by atoms with Crippen molar-refractivity contribution in [3.05, 3.63) is 70.6 Å². The minimum absolute atomic E-state index is 0.171. The van der Waals surface area contributed by atoms with E-state index in [1.54, 1.807) is 6.20 Å². The van der Waals surface area contributed by atoms with Crippen LogP contribution >= 0.6 is 0 Å². The number of hydrogen-bond acceptors (Lipinski definition) is 5. The first-order valence-corrected chi connectivity index (χ1v) is 10.3. The van der Waals surface area contributed by atoms with Gasteiger partial charge in [-0.15, -0.1) is 0 Å². The second-order valence-corrected chi connectivity index (χ2v) is 7.93. The van der Waals surface area contributed by atoms with Crippen LogP contribution < -0.4 is 5.56 Å². The Morgan fingerprint density at radius 3 is 2.55 bits per heavy atom. The van der Waals surface area contributed by atoms with Crippen LogP contribution in [0, 0.1) is 0 Å². The molecular formula is C23H25N5O. The molecule has 148 valence electrons. The second kappa shape index (κ2) is 7.89. The summed E-state index contributed by atoms with van der Waals surface area (Å²) in [5, 5.41) is 0. The molecule has 1 aromatic carbocycles. The maximum Gasteiger partial charge on any atom is 0.251 e. The normalized spacial score (nSPS) is 21.8. The number of aromatic amines is 1. The van der Waals surface area contributed by atoms with E-state index in [2.05, 4.69) is 49.0 Å². The molecular weight excluding hydrogens is 362 g/mol. The highest BCUT2D eigenvalue weighted by atomic mass is 16.1. The summed E-state index contributed by atoms with van der Waals surface area (Å²) in [7, 11) is 0. The number of benzene rings is 1. The molecule has 0 spiro atoms. The Bertz CT molecular complexity index is 1020. The topological polar surface area (TPSA) is 65.1 Å². The molecule has 6 nitrogen and oxygen atoms in total. The first-order valence-electron chi connectivity index (χ1n) is 10.3. The summed E-state index contributed by atoms with van der Waals surface area (Å²) in [6.45, 7) is 5.79. The van der Waals surface area contributed by atoms with E-state index < -0.39 is 0 Å². The van der Waals surface area contributed by atoms with Gasteiger partial charge in [-0.1, -0.05) is 30.3 Å². The molecule has 0 radical (unpaired) electrons. The highest BCUT2D eigenvalue weighted by Gasteiger charge is 2.28. The lowest BCUT2D eigenvalue weighted by molar-refractivity contribution is 0.176. The predicted molar refractivity (Wildman–Crippen MR) is 113 cm³/mol. The van der Waals surface area contributed by atoms with Crippen molar-refractivity contribution >= 4 is 0 Å². The van der Waals surface area contributed by atoms with Crippen molar-refractivity contribution < 1.29 is 0 Å². The fraction of sp³-hybridized carbons (Fsp3) is 0.348. The third-order valence-corrected chi connectivity index (χ3v) is 6.06. The van der Waals surface area contributed by atoms with Crippen LogP contribution in [-0.2, 0) is 6.54 Å². The zero-order valence-corrected chi connectivity index (χ0v) is 16.4. The third-order valence-electron chi connectivity index (χ3n) is 6.06. The molecule has 2 bridgehead atoms. The summed E-state index contributed by atoms with van der Waals surface area (Å²) < 4.78 is 0. The number of aromatic nitrogens is 3. The third kappa shape index (κ3) is 3.99. The summed E-state index contributed by atoms with van der Waals surface area (Å²) in [5.74, 6) is 0.575. The minimum Gasteiger partial charge on any atom is -0.306 e. The number of nitrogens with one attached hydrogen (secondary N) is 1. The molecule has 0 atom stereocenters. The van der Waals surface area contributed by atoms with Crippen LogP contribution in [0.2, 0.25) is 0 Å². The van der Waals surface area contributed by atoms with Gasteiger partial charge in [0.2, 0.25) is 0 Å². The highest BCUT2D eigenvalue weighted by molar-refractivity contribution is 5.60. The number of rotatable bonds is 4. The van der Waals surface area contributed by atoms with E-state index in [0.717, 1.165) is 18.7 Å². The van der Waals surface area contributed by atoms with Crippen molar-refractivity contribution in [3.8, 4) is 22.8 Å². The fourth-order valence-corrected chi connectivity index (χ4v) is 4.41. The molecule has 3 fully saturated rings. The Morgan fingerprint density at radius 1 is 0.966 bits per heavy atom. The van der Waals surface area contributed by atoms with Gasteiger partial charge in [0, 0.05) is 43.5 Å². The molecule has 0 saturated carbocycles. The number of H-pyrrole nitrogens is 1. The molecule has 3 aliphatic heterocycles. The molecule has 0 amide bonds. The van der Waals surface area contributed by atoms with Crippen molar-refractivity contribution in [1.82, 2.24) is 24.8 Å². The van der Waals surface area contributed by atoms with E-state index in [-0.39, 0.29) is 5.56 Å². The Balaban J connectivity index is 1.36. The van der Waals surface area contributed by atoms with Crippen molar-refractivity contribution in [2.75, 3.05) is 26.2 Å².